The van der Waals surface area contributed by atoms with Gasteiger partial charge in [0.2, 0.25) is 5.91 Å². The molecule has 2 aromatic carbocycles. The number of hydrogen-bond donors (Lipinski definition) is 2. The Labute approximate surface area is 144 Å². The Hall–Kier alpha value is -2.44. The summed E-state index contributed by atoms with van der Waals surface area (Å²) < 4.78 is 13.8. The predicted molar refractivity (Wildman–Crippen MR) is 91.3 cm³/mol. The minimum atomic E-state index is -0.627. The number of halogens is 2. The van der Waals surface area contributed by atoms with Crippen molar-refractivity contribution in [2.45, 2.75) is 6.54 Å². The summed E-state index contributed by atoms with van der Waals surface area (Å²) in [5.41, 5.74) is 6.16. The number of carbonyl (C=O) groups is 2. The van der Waals surface area contributed by atoms with E-state index < -0.39 is 11.7 Å². The average molecular weight is 350 g/mol. The number of carbonyl (C=O) groups excluding carboxylic acids is 2. The first-order chi connectivity index (χ1) is 11.4. The van der Waals surface area contributed by atoms with Crippen LogP contribution in [0.5, 0.6) is 0 Å². The van der Waals surface area contributed by atoms with E-state index in [1.807, 2.05) is 0 Å². The minimum absolute atomic E-state index is 0.00222. The molecule has 0 aliphatic rings. The number of likely N-dealkylation sites (N-methyl/N-ethyl adjacent to an activating group) is 1. The topological polar surface area (TPSA) is 75.4 Å². The van der Waals surface area contributed by atoms with Crippen molar-refractivity contribution in [2.75, 3.05) is 18.9 Å². The van der Waals surface area contributed by atoms with Gasteiger partial charge in [0.1, 0.15) is 5.82 Å². The largest absolute Gasteiger partial charge is 0.366 e. The fourth-order valence-corrected chi connectivity index (χ4v) is 2.47. The van der Waals surface area contributed by atoms with E-state index in [-0.39, 0.29) is 24.6 Å². The second kappa shape index (κ2) is 7.90. The van der Waals surface area contributed by atoms with E-state index in [2.05, 4.69) is 5.32 Å². The SMILES string of the molecule is CN(CC(=O)Nc1ccccc1C(N)=O)Cc1c(F)cccc1Cl. The van der Waals surface area contributed by atoms with Gasteiger partial charge < -0.3 is 11.1 Å². The number of benzene rings is 2. The van der Waals surface area contributed by atoms with Crippen molar-refractivity contribution in [1.29, 1.82) is 0 Å². The molecule has 0 radical (unpaired) electrons. The molecule has 24 heavy (non-hydrogen) atoms. The molecule has 0 aliphatic carbocycles. The molecule has 0 saturated heterocycles. The van der Waals surface area contributed by atoms with Gasteiger partial charge in [-0.3, -0.25) is 14.5 Å². The van der Waals surface area contributed by atoms with E-state index >= 15 is 0 Å². The maximum Gasteiger partial charge on any atom is 0.250 e. The van der Waals surface area contributed by atoms with Crippen molar-refractivity contribution in [3.05, 3.63) is 64.4 Å². The molecule has 0 spiro atoms. The smallest absolute Gasteiger partial charge is 0.250 e. The molecule has 3 N–H and O–H groups in total. The number of nitrogens with one attached hydrogen (secondary N) is 1. The lowest BCUT2D eigenvalue weighted by molar-refractivity contribution is -0.117. The van der Waals surface area contributed by atoms with Gasteiger partial charge in [0.15, 0.2) is 0 Å². The van der Waals surface area contributed by atoms with Crippen LogP contribution >= 0.6 is 11.6 Å². The molecule has 2 amide bonds. The van der Waals surface area contributed by atoms with Gasteiger partial charge in [-0.1, -0.05) is 29.8 Å². The molecular formula is C17H17ClFN3O2. The Morgan fingerprint density at radius 1 is 1.21 bits per heavy atom. The van der Waals surface area contributed by atoms with Crippen molar-refractivity contribution in [3.63, 3.8) is 0 Å². The van der Waals surface area contributed by atoms with Crippen molar-refractivity contribution < 1.29 is 14.0 Å². The van der Waals surface area contributed by atoms with Gasteiger partial charge in [0, 0.05) is 17.1 Å². The lowest BCUT2D eigenvalue weighted by atomic mass is 10.1. The van der Waals surface area contributed by atoms with Gasteiger partial charge in [0.25, 0.3) is 5.91 Å². The minimum Gasteiger partial charge on any atom is -0.366 e. The third kappa shape index (κ3) is 4.53. The third-order valence-electron chi connectivity index (χ3n) is 3.37. The first kappa shape index (κ1) is 17.9. The Morgan fingerprint density at radius 3 is 2.58 bits per heavy atom. The first-order valence-corrected chi connectivity index (χ1v) is 7.56. The third-order valence-corrected chi connectivity index (χ3v) is 3.72. The predicted octanol–water partition coefficient (Wildman–Crippen LogP) is 2.65. The van der Waals surface area contributed by atoms with Gasteiger partial charge in [0.05, 0.1) is 17.8 Å². The van der Waals surface area contributed by atoms with E-state index in [4.69, 9.17) is 17.3 Å². The van der Waals surface area contributed by atoms with Crippen LogP contribution in [0.15, 0.2) is 42.5 Å². The highest BCUT2D eigenvalue weighted by molar-refractivity contribution is 6.31. The normalized spacial score (nSPS) is 10.7. The lowest BCUT2D eigenvalue weighted by Gasteiger charge is -2.18. The van der Waals surface area contributed by atoms with E-state index in [0.29, 0.717) is 16.3 Å². The Balaban J connectivity index is 2.01. The summed E-state index contributed by atoms with van der Waals surface area (Å²) in [4.78, 5) is 25.1. The molecule has 5 nitrogen and oxygen atoms in total. The monoisotopic (exact) mass is 349 g/mol. The highest BCUT2D eigenvalue weighted by atomic mass is 35.5. The summed E-state index contributed by atoms with van der Waals surface area (Å²) >= 11 is 5.98. The Kier molecular flexibility index (Phi) is 5.89. The number of rotatable bonds is 6. The van der Waals surface area contributed by atoms with Crippen molar-refractivity contribution in [3.8, 4) is 0 Å². The second-order valence-electron chi connectivity index (χ2n) is 5.33. The number of primary amides is 1. The van der Waals surface area contributed by atoms with Gasteiger partial charge in [-0.05, 0) is 31.3 Å². The lowest BCUT2D eigenvalue weighted by Crippen LogP contribution is -2.31. The Morgan fingerprint density at radius 2 is 1.92 bits per heavy atom. The summed E-state index contributed by atoms with van der Waals surface area (Å²) in [7, 11) is 1.67. The fraction of sp³-hybridized carbons (Fsp3) is 0.176. The second-order valence-corrected chi connectivity index (χ2v) is 5.74. The van der Waals surface area contributed by atoms with E-state index in [1.54, 1.807) is 36.2 Å². The standard InChI is InChI=1S/C17H17ClFN3O2/c1-22(9-12-13(18)6-4-7-14(12)19)10-16(23)21-15-8-3-2-5-11(15)17(20)24/h2-8H,9-10H2,1H3,(H2,20,24)(H,21,23). The summed E-state index contributed by atoms with van der Waals surface area (Å²) in [6, 6.07) is 10.9. The summed E-state index contributed by atoms with van der Waals surface area (Å²) in [5, 5.41) is 2.94. The molecule has 0 unspecified atom stereocenters. The fourth-order valence-electron chi connectivity index (χ4n) is 2.25. The molecule has 0 heterocycles. The van der Waals surface area contributed by atoms with Gasteiger partial charge >= 0.3 is 0 Å². The molecule has 0 aromatic heterocycles. The number of nitrogens with two attached hydrogens (primary N) is 1. The first-order valence-electron chi connectivity index (χ1n) is 7.18. The Bertz CT molecular complexity index is 747. The summed E-state index contributed by atoms with van der Waals surface area (Å²) in [6.45, 7) is 0.175. The number of amides is 2. The number of nitrogens with zero attached hydrogens (tertiary/aromatic N) is 1. The molecule has 2 aromatic rings. The van der Waals surface area contributed by atoms with Gasteiger partial charge in [-0.15, -0.1) is 0 Å². The van der Waals surface area contributed by atoms with Crippen LogP contribution < -0.4 is 11.1 Å². The number of para-hydroxylation sites is 1. The zero-order chi connectivity index (χ0) is 17.7. The van der Waals surface area contributed by atoms with Crippen LogP contribution in [-0.2, 0) is 11.3 Å². The van der Waals surface area contributed by atoms with Gasteiger partial charge in [-0.2, -0.15) is 0 Å². The quantitative estimate of drug-likeness (QED) is 0.841. The van der Waals surface area contributed by atoms with Crippen LogP contribution in [0.1, 0.15) is 15.9 Å². The van der Waals surface area contributed by atoms with Crippen LogP contribution in [0.3, 0.4) is 0 Å². The zero-order valence-electron chi connectivity index (χ0n) is 13.1. The highest BCUT2D eigenvalue weighted by Gasteiger charge is 2.14. The van der Waals surface area contributed by atoms with Crippen LogP contribution in [0.25, 0.3) is 0 Å². The molecule has 0 fully saturated rings. The molecule has 126 valence electrons. The molecule has 0 aliphatic heterocycles. The molecule has 0 atom stereocenters. The van der Waals surface area contributed by atoms with E-state index in [9.17, 15) is 14.0 Å². The number of hydrogen-bond acceptors (Lipinski definition) is 3. The van der Waals surface area contributed by atoms with Crippen LogP contribution in [0, 0.1) is 5.82 Å². The molecular weight excluding hydrogens is 333 g/mol. The van der Waals surface area contributed by atoms with Gasteiger partial charge in [-0.25, -0.2) is 4.39 Å². The highest BCUT2D eigenvalue weighted by Crippen LogP contribution is 2.20. The van der Waals surface area contributed by atoms with Crippen LogP contribution in [0.4, 0.5) is 10.1 Å². The number of anilines is 1. The zero-order valence-corrected chi connectivity index (χ0v) is 13.8. The van der Waals surface area contributed by atoms with Crippen LogP contribution in [-0.4, -0.2) is 30.3 Å². The maximum atomic E-state index is 13.8. The molecule has 0 saturated carbocycles. The van der Waals surface area contributed by atoms with Crippen molar-refractivity contribution >= 4 is 29.1 Å². The molecule has 2 rings (SSSR count). The van der Waals surface area contributed by atoms with Crippen LogP contribution in [0.2, 0.25) is 5.02 Å². The maximum absolute atomic E-state index is 13.8. The van der Waals surface area contributed by atoms with E-state index in [0.717, 1.165) is 0 Å². The average Bonchev–Trinajstić information content (AvgIpc) is 2.51. The molecule has 7 heteroatoms. The van der Waals surface area contributed by atoms with E-state index in [1.165, 1.54) is 18.2 Å². The van der Waals surface area contributed by atoms with Crippen molar-refractivity contribution in [2.24, 2.45) is 5.73 Å². The molecule has 0 bridgehead atoms. The summed E-state index contributed by atoms with van der Waals surface area (Å²) in [5.74, 6) is -1.40. The summed E-state index contributed by atoms with van der Waals surface area (Å²) in [6.07, 6.45) is 0. The van der Waals surface area contributed by atoms with Crippen molar-refractivity contribution in [1.82, 2.24) is 4.90 Å².